The number of ether oxygens (including phenoxy) is 1. The predicted octanol–water partition coefficient (Wildman–Crippen LogP) is 3.01. The molecule has 0 amide bonds. The number of esters is 1. The molecule has 0 bridgehead atoms. The van der Waals surface area contributed by atoms with E-state index in [1.165, 1.54) is 18.9 Å². The molecule has 0 saturated carbocycles. The zero-order chi connectivity index (χ0) is 14.5. The van der Waals surface area contributed by atoms with Crippen molar-refractivity contribution in [2.24, 2.45) is 5.92 Å². The van der Waals surface area contributed by atoms with Crippen LogP contribution >= 0.6 is 11.8 Å². The SMILES string of the molecule is COC(=O)C(C)CSc1cc(C#N)c2ccccc2n1. The molecule has 102 valence electrons. The van der Waals surface area contributed by atoms with Crippen LogP contribution < -0.4 is 0 Å². The van der Waals surface area contributed by atoms with Crippen molar-refractivity contribution in [3.8, 4) is 6.07 Å². The highest BCUT2D eigenvalue weighted by atomic mass is 32.2. The van der Waals surface area contributed by atoms with Gasteiger partial charge < -0.3 is 4.74 Å². The van der Waals surface area contributed by atoms with Crippen molar-refractivity contribution in [2.75, 3.05) is 12.9 Å². The number of benzene rings is 1. The summed E-state index contributed by atoms with van der Waals surface area (Å²) in [6.45, 7) is 1.81. The minimum Gasteiger partial charge on any atom is -0.469 e. The number of aromatic nitrogens is 1. The number of methoxy groups -OCH3 is 1. The van der Waals surface area contributed by atoms with E-state index in [9.17, 15) is 10.1 Å². The molecule has 1 heterocycles. The minimum atomic E-state index is -0.237. The Hall–Kier alpha value is -2.06. The monoisotopic (exact) mass is 286 g/mol. The summed E-state index contributed by atoms with van der Waals surface area (Å²) < 4.78 is 4.69. The quantitative estimate of drug-likeness (QED) is 0.638. The van der Waals surface area contributed by atoms with E-state index in [-0.39, 0.29) is 11.9 Å². The van der Waals surface area contributed by atoms with Crippen LogP contribution in [-0.2, 0) is 9.53 Å². The molecule has 0 N–H and O–H groups in total. The van der Waals surface area contributed by atoms with Gasteiger partial charge in [0.25, 0.3) is 0 Å². The van der Waals surface area contributed by atoms with Crippen LogP contribution in [0.5, 0.6) is 0 Å². The van der Waals surface area contributed by atoms with Crippen molar-refractivity contribution in [1.29, 1.82) is 5.26 Å². The van der Waals surface area contributed by atoms with Gasteiger partial charge in [-0.1, -0.05) is 25.1 Å². The number of nitrogens with zero attached hydrogens (tertiary/aromatic N) is 2. The second-order valence-electron chi connectivity index (χ2n) is 4.37. The lowest BCUT2D eigenvalue weighted by Gasteiger charge is -2.09. The standard InChI is InChI=1S/C15H14N2O2S/c1-10(15(18)19-2)9-20-14-7-11(8-16)12-5-3-4-6-13(12)17-14/h3-7,10H,9H2,1-2H3. The Balaban J connectivity index is 2.23. The van der Waals surface area contributed by atoms with Gasteiger partial charge in [0.15, 0.2) is 0 Å². The molecule has 0 spiro atoms. The van der Waals surface area contributed by atoms with Gasteiger partial charge in [0.1, 0.15) is 0 Å². The fraction of sp³-hybridized carbons (Fsp3) is 0.267. The summed E-state index contributed by atoms with van der Waals surface area (Å²) in [5, 5.41) is 10.8. The first-order valence-corrected chi connectivity index (χ1v) is 7.14. The summed E-state index contributed by atoms with van der Waals surface area (Å²) in [6.07, 6.45) is 0. The number of fused-ring (bicyclic) bond motifs is 1. The first kappa shape index (κ1) is 14.4. The Morgan fingerprint density at radius 2 is 2.25 bits per heavy atom. The molecule has 4 nitrogen and oxygen atoms in total. The van der Waals surface area contributed by atoms with Gasteiger partial charge >= 0.3 is 5.97 Å². The summed E-state index contributed by atoms with van der Waals surface area (Å²) in [6, 6.07) is 11.5. The number of nitriles is 1. The Kier molecular flexibility index (Phi) is 4.59. The largest absolute Gasteiger partial charge is 0.469 e. The summed E-state index contributed by atoms with van der Waals surface area (Å²) >= 11 is 1.45. The lowest BCUT2D eigenvalue weighted by molar-refractivity contribution is -0.143. The van der Waals surface area contributed by atoms with Crippen molar-refractivity contribution in [3.63, 3.8) is 0 Å². The first-order valence-electron chi connectivity index (χ1n) is 6.16. The average Bonchev–Trinajstić information content (AvgIpc) is 2.50. The summed E-state index contributed by atoms with van der Waals surface area (Å²) in [7, 11) is 1.38. The molecule has 1 unspecified atom stereocenters. The Bertz CT molecular complexity index is 679. The van der Waals surface area contributed by atoms with Crippen LogP contribution in [0.4, 0.5) is 0 Å². The zero-order valence-corrected chi connectivity index (χ0v) is 12.1. The summed E-state index contributed by atoms with van der Waals surface area (Å²) in [5.74, 6) is 0.130. The van der Waals surface area contributed by atoms with Crippen LogP contribution in [0.1, 0.15) is 12.5 Å². The van der Waals surface area contributed by atoms with Crippen LogP contribution in [0, 0.1) is 17.2 Å². The molecule has 5 heteroatoms. The van der Waals surface area contributed by atoms with E-state index in [1.54, 1.807) is 6.07 Å². The molecule has 0 aliphatic heterocycles. The van der Waals surface area contributed by atoms with Gasteiger partial charge in [0, 0.05) is 11.1 Å². The molecule has 20 heavy (non-hydrogen) atoms. The topological polar surface area (TPSA) is 63.0 Å². The second-order valence-corrected chi connectivity index (χ2v) is 5.41. The number of carbonyl (C=O) groups is 1. The molecule has 2 aromatic rings. The lowest BCUT2D eigenvalue weighted by atomic mass is 10.1. The van der Waals surface area contributed by atoms with Crippen LogP contribution in [-0.4, -0.2) is 23.8 Å². The van der Waals surface area contributed by atoms with Crippen LogP contribution in [0.15, 0.2) is 35.4 Å². The highest BCUT2D eigenvalue weighted by Crippen LogP contribution is 2.25. The van der Waals surface area contributed by atoms with E-state index in [0.717, 1.165) is 15.9 Å². The lowest BCUT2D eigenvalue weighted by Crippen LogP contribution is -2.14. The Morgan fingerprint density at radius 3 is 2.95 bits per heavy atom. The highest BCUT2D eigenvalue weighted by molar-refractivity contribution is 7.99. The van der Waals surface area contributed by atoms with E-state index in [0.29, 0.717) is 11.3 Å². The fourth-order valence-corrected chi connectivity index (χ4v) is 2.72. The highest BCUT2D eigenvalue weighted by Gasteiger charge is 2.14. The van der Waals surface area contributed by atoms with Crippen molar-refractivity contribution in [1.82, 2.24) is 4.98 Å². The smallest absolute Gasteiger partial charge is 0.309 e. The first-order chi connectivity index (χ1) is 9.65. The third kappa shape index (κ3) is 3.09. The fourth-order valence-electron chi connectivity index (χ4n) is 1.80. The molecule has 0 fully saturated rings. The van der Waals surface area contributed by atoms with Crippen molar-refractivity contribution in [3.05, 3.63) is 35.9 Å². The normalized spacial score (nSPS) is 11.8. The van der Waals surface area contributed by atoms with Gasteiger partial charge in [0.2, 0.25) is 0 Å². The van der Waals surface area contributed by atoms with Gasteiger partial charge in [-0.25, -0.2) is 4.98 Å². The van der Waals surface area contributed by atoms with Gasteiger partial charge in [-0.3, -0.25) is 4.79 Å². The van der Waals surface area contributed by atoms with Crippen molar-refractivity contribution in [2.45, 2.75) is 11.9 Å². The average molecular weight is 286 g/mol. The van der Waals surface area contributed by atoms with Gasteiger partial charge in [0.05, 0.1) is 35.2 Å². The Labute approximate surface area is 121 Å². The van der Waals surface area contributed by atoms with E-state index < -0.39 is 0 Å². The number of pyridine rings is 1. The minimum absolute atomic E-state index is 0.205. The molecule has 1 atom stereocenters. The van der Waals surface area contributed by atoms with Gasteiger partial charge in [-0.15, -0.1) is 11.8 Å². The maximum atomic E-state index is 11.4. The maximum Gasteiger partial charge on any atom is 0.309 e. The third-order valence-electron chi connectivity index (χ3n) is 2.90. The zero-order valence-electron chi connectivity index (χ0n) is 11.3. The number of hydrogen-bond acceptors (Lipinski definition) is 5. The van der Waals surface area contributed by atoms with Gasteiger partial charge in [-0.2, -0.15) is 5.26 Å². The summed E-state index contributed by atoms with van der Waals surface area (Å²) in [4.78, 5) is 15.9. The second kappa shape index (κ2) is 6.40. The molecule has 2 rings (SSSR count). The number of hydrogen-bond donors (Lipinski definition) is 0. The van der Waals surface area contributed by atoms with Crippen LogP contribution in [0.2, 0.25) is 0 Å². The predicted molar refractivity (Wildman–Crippen MR) is 78.4 cm³/mol. The molecule has 0 aliphatic rings. The third-order valence-corrected chi connectivity index (χ3v) is 4.07. The van der Waals surface area contributed by atoms with Crippen LogP contribution in [0.3, 0.4) is 0 Å². The number of thioether (sulfide) groups is 1. The van der Waals surface area contributed by atoms with E-state index in [1.807, 2.05) is 31.2 Å². The van der Waals surface area contributed by atoms with E-state index >= 15 is 0 Å². The van der Waals surface area contributed by atoms with Gasteiger partial charge in [-0.05, 0) is 12.1 Å². The molecule has 1 aromatic carbocycles. The maximum absolute atomic E-state index is 11.4. The number of para-hydroxylation sites is 1. The molecule has 0 radical (unpaired) electrons. The van der Waals surface area contributed by atoms with Crippen LogP contribution in [0.25, 0.3) is 10.9 Å². The van der Waals surface area contributed by atoms with E-state index in [4.69, 9.17) is 4.74 Å². The molecule has 0 saturated heterocycles. The van der Waals surface area contributed by atoms with Crippen molar-refractivity contribution >= 4 is 28.6 Å². The molecular weight excluding hydrogens is 272 g/mol. The number of carbonyl (C=O) groups excluding carboxylic acids is 1. The summed E-state index contributed by atoms with van der Waals surface area (Å²) in [5.41, 5.74) is 1.39. The molecular formula is C15H14N2O2S. The van der Waals surface area contributed by atoms with E-state index in [2.05, 4.69) is 11.1 Å². The molecule has 1 aromatic heterocycles. The number of rotatable bonds is 4. The van der Waals surface area contributed by atoms with Crippen molar-refractivity contribution < 1.29 is 9.53 Å². The molecule has 0 aliphatic carbocycles. The Morgan fingerprint density at radius 1 is 1.50 bits per heavy atom.